The lowest BCUT2D eigenvalue weighted by atomic mass is 10.2. The molecule has 0 aliphatic carbocycles. The van der Waals surface area contributed by atoms with Crippen molar-refractivity contribution in [2.24, 2.45) is 0 Å². The van der Waals surface area contributed by atoms with E-state index >= 15 is 0 Å². The van der Waals surface area contributed by atoms with Crippen LogP contribution in [-0.2, 0) is 20.9 Å². The normalized spacial score (nSPS) is 12.3. The fraction of sp³-hybridized carbons (Fsp3) is 0.350. The van der Waals surface area contributed by atoms with Gasteiger partial charge in [0.05, 0.1) is 17.2 Å². The first-order chi connectivity index (χ1) is 13.8. The van der Waals surface area contributed by atoms with Crippen LogP contribution in [0.1, 0.15) is 26.3 Å². The first kappa shape index (κ1) is 23.0. The van der Waals surface area contributed by atoms with Crippen LogP contribution < -0.4 is 14.8 Å². The summed E-state index contributed by atoms with van der Waals surface area (Å²) in [4.78, 5) is 39.0. The first-order valence-corrected chi connectivity index (χ1v) is 10.7. The lowest BCUT2D eigenvalue weighted by Gasteiger charge is -2.18. The molecular weight excluding hydrogens is 463 g/mol. The van der Waals surface area contributed by atoms with Crippen molar-refractivity contribution in [3.8, 4) is 0 Å². The van der Waals surface area contributed by atoms with Gasteiger partial charge < -0.3 is 9.64 Å². The third-order valence-electron chi connectivity index (χ3n) is 4.12. The quantitative estimate of drug-likeness (QED) is 0.562. The number of carbonyl (C=O) groups is 2. The maximum atomic E-state index is 14.1. The molecule has 0 unspecified atom stereocenters. The molecule has 29 heavy (non-hydrogen) atoms. The lowest BCUT2D eigenvalue weighted by molar-refractivity contribution is -0.135. The minimum atomic E-state index is -0.613. The van der Waals surface area contributed by atoms with Crippen molar-refractivity contribution in [2.45, 2.75) is 27.3 Å². The summed E-state index contributed by atoms with van der Waals surface area (Å²) >= 11 is 4.28. The van der Waals surface area contributed by atoms with Crippen molar-refractivity contribution in [1.82, 2.24) is 9.47 Å². The van der Waals surface area contributed by atoms with Crippen LogP contribution in [0.3, 0.4) is 0 Å². The predicted octanol–water partition coefficient (Wildman–Crippen LogP) is 1.85. The maximum absolute atomic E-state index is 14.1. The van der Waals surface area contributed by atoms with Gasteiger partial charge >= 0.3 is 5.97 Å². The van der Waals surface area contributed by atoms with Crippen LogP contribution in [0.25, 0.3) is 12.2 Å². The molecule has 0 spiro atoms. The number of thiazole rings is 1. The van der Waals surface area contributed by atoms with Crippen molar-refractivity contribution >= 4 is 51.3 Å². The number of hydrogen-bond acceptors (Lipinski definition) is 5. The monoisotopic (exact) mass is 484 g/mol. The average molecular weight is 485 g/mol. The van der Waals surface area contributed by atoms with Crippen LogP contribution in [0.2, 0.25) is 0 Å². The van der Waals surface area contributed by atoms with Crippen molar-refractivity contribution < 1.29 is 18.7 Å². The predicted molar refractivity (Wildman–Crippen MR) is 115 cm³/mol. The van der Waals surface area contributed by atoms with E-state index in [0.717, 1.165) is 11.3 Å². The van der Waals surface area contributed by atoms with E-state index in [2.05, 4.69) is 15.9 Å². The summed E-state index contributed by atoms with van der Waals surface area (Å²) in [5, 5.41) is 0. The van der Waals surface area contributed by atoms with Gasteiger partial charge in [-0.25, -0.2) is 9.18 Å². The number of rotatable bonds is 7. The molecule has 0 atom stereocenters. The molecule has 1 aromatic heterocycles. The van der Waals surface area contributed by atoms with Gasteiger partial charge in [-0.15, -0.1) is 11.3 Å². The van der Waals surface area contributed by atoms with E-state index in [1.54, 1.807) is 24.0 Å². The van der Waals surface area contributed by atoms with Crippen LogP contribution in [0, 0.1) is 5.82 Å². The van der Waals surface area contributed by atoms with E-state index in [-0.39, 0.29) is 33.8 Å². The number of likely N-dealkylation sites (N-methyl/N-ethyl adjacent to an activating group) is 1. The van der Waals surface area contributed by atoms with Crippen molar-refractivity contribution in [3.63, 3.8) is 0 Å². The van der Waals surface area contributed by atoms with Gasteiger partial charge in [0, 0.05) is 23.1 Å². The summed E-state index contributed by atoms with van der Waals surface area (Å²) in [5.74, 6) is -1.34. The largest absolute Gasteiger partial charge is 0.463 e. The maximum Gasteiger partial charge on any atom is 0.333 e. The fourth-order valence-electron chi connectivity index (χ4n) is 2.66. The number of ether oxygens (including phenoxy) is 1. The van der Waals surface area contributed by atoms with Crippen molar-refractivity contribution in [2.75, 3.05) is 19.7 Å². The van der Waals surface area contributed by atoms with E-state index in [1.165, 1.54) is 22.8 Å². The van der Waals surface area contributed by atoms with Crippen molar-refractivity contribution in [3.05, 3.63) is 53.6 Å². The Morgan fingerprint density at radius 1 is 1.28 bits per heavy atom. The molecule has 0 fully saturated rings. The van der Waals surface area contributed by atoms with Crippen LogP contribution in [0.4, 0.5) is 4.39 Å². The van der Waals surface area contributed by atoms with Gasteiger partial charge in [-0.1, -0.05) is 15.9 Å². The molecule has 2 aromatic rings. The minimum Gasteiger partial charge on any atom is -0.463 e. The van der Waals surface area contributed by atoms with Crippen LogP contribution in [-0.4, -0.2) is 41.0 Å². The topological polar surface area (TPSA) is 68.6 Å². The Bertz CT molecular complexity index is 1070. The zero-order valence-electron chi connectivity index (χ0n) is 16.4. The Kier molecular flexibility index (Phi) is 8.33. The van der Waals surface area contributed by atoms with Gasteiger partial charge in [-0.05, 0) is 45.0 Å². The van der Waals surface area contributed by atoms with Gasteiger partial charge in [-0.3, -0.25) is 14.2 Å². The Morgan fingerprint density at radius 3 is 2.59 bits per heavy atom. The molecule has 6 nitrogen and oxygen atoms in total. The molecule has 0 saturated carbocycles. The van der Waals surface area contributed by atoms with Crippen molar-refractivity contribution in [1.29, 1.82) is 0 Å². The molecule has 0 radical (unpaired) electrons. The van der Waals surface area contributed by atoms with Gasteiger partial charge in [0.2, 0.25) is 5.91 Å². The zero-order valence-corrected chi connectivity index (χ0v) is 18.8. The van der Waals surface area contributed by atoms with Gasteiger partial charge in [0.15, 0.2) is 0 Å². The zero-order chi connectivity index (χ0) is 21.6. The number of benzene rings is 1. The molecule has 0 saturated heterocycles. The number of esters is 1. The highest BCUT2D eigenvalue weighted by Crippen LogP contribution is 2.15. The standard InChI is InChI=1S/C20H22BrFN2O4S/c1-4-23(5-2)17(25)12-24-18(11-19(26)28-6-3)29-16(20(24)27)10-13-9-14(21)7-8-15(13)22/h7-11H,4-6,12H2,1-3H3/b16-10+,18-11-. The van der Waals surface area contributed by atoms with Crippen LogP contribution in [0.5, 0.6) is 0 Å². The molecule has 1 aromatic carbocycles. The van der Waals surface area contributed by atoms with Crippen LogP contribution >= 0.6 is 27.3 Å². The second-order valence-electron chi connectivity index (χ2n) is 5.97. The third kappa shape index (κ3) is 5.86. The smallest absolute Gasteiger partial charge is 0.333 e. The molecule has 0 N–H and O–H groups in total. The SMILES string of the molecule is CCOC(=O)/C=c1\s/c(=C/c2cc(Br)ccc2F)c(=O)n1CC(=O)N(CC)CC. The lowest BCUT2D eigenvalue weighted by Crippen LogP contribution is -2.40. The summed E-state index contributed by atoms with van der Waals surface area (Å²) in [6.45, 7) is 6.35. The number of halogens is 2. The Balaban J connectivity index is 2.63. The minimum absolute atomic E-state index is 0.186. The second-order valence-corrected chi connectivity index (χ2v) is 7.95. The van der Waals surface area contributed by atoms with Gasteiger partial charge in [0.25, 0.3) is 5.56 Å². The van der Waals surface area contributed by atoms with E-state index in [4.69, 9.17) is 4.74 Å². The number of aromatic nitrogens is 1. The van der Waals surface area contributed by atoms with E-state index in [9.17, 15) is 18.8 Å². The number of carbonyl (C=O) groups excluding carboxylic acids is 2. The summed E-state index contributed by atoms with van der Waals surface area (Å²) in [6.07, 6.45) is 2.59. The average Bonchev–Trinajstić information content (AvgIpc) is 2.94. The first-order valence-electron chi connectivity index (χ1n) is 9.13. The summed E-state index contributed by atoms with van der Waals surface area (Å²) in [7, 11) is 0. The molecule has 2 rings (SSSR count). The highest BCUT2D eigenvalue weighted by atomic mass is 79.9. The van der Waals surface area contributed by atoms with E-state index in [0.29, 0.717) is 17.6 Å². The van der Waals surface area contributed by atoms with Gasteiger partial charge in [-0.2, -0.15) is 0 Å². The molecule has 0 aliphatic heterocycles. The van der Waals surface area contributed by atoms with E-state index < -0.39 is 17.3 Å². The van der Waals surface area contributed by atoms with Crippen LogP contribution in [0.15, 0.2) is 27.5 Å². The molecule has 0 bridgehead atoms. The number of nitrogens with zero attached hydrogens (tertiary/aromatic N) is 2. The summed E-state index contributed by atoms with van der Waals surface area (Å²) in [6, 6.07) is 4.40. The highest BCUT2D eigenvalue weighted by molar-refractivity contribution is 9.10. The molecule has 1 heterocycles. The molecular formula is C20H22BrFN2O4S. The summed E-state index contributed by atoms with van der Waals surface area (Å²) in [5.41, 5.74) is -0.243. The molecule has 1 amide bonds. The Labute approximate surface area is 180 Å². The summed E-state index contributed by atoms with van der Waals surface area (Å²) < 4.78 is 21.4. The molecule has 9 heteroatoms. The number of hydrogen-bond donors (Lipinski definition) is 0. The number of amides is 1. The Hall–Kier alpha value is -2.26. The fourth-order valence-corrected chi connectivity index (χ4v) is 4.06. The second kappa shape index (κ2) is 10.5. The van der Waals surface area contributed by atoms with E-state index in [1.807, 2.05) is 13.8 Å². The molecule has 156 valence electrons. The van der Waals surface area contributed by atoms with Gasteiger partial charge in [0.1, 0.15) is 17.0 Å². The highest BCUT2D eigenvalue weighted by Gasteiger charge is 2.15. The Morgan fingerprint density at radius 2 is 1.97 bits per heavy atom. The third-order valence-corrected chi connectivity index (χ3v) is 5.67. The molecule has 0 aliphatic rings.